The lowest BCUT2D eigenvalue weighted by molar-refractivity contribution is -0.143. The van der Waals surface area contributed by atoms with Crippen molar-refractivity contribution in [2.45, 2.75) is 24.5 Å². The number of hydrogen-bond donors (Lipinski definition) is 0. The van der Waals surface area contributed by atoms with Crippen LogP contribution in [0, 0.1) is 17.7 Å². The van der Waals surface area contributed by atoms with Crippen molar-refractivity contribution in [3.63, 3.8) is 0 Å². The summed E-state index contributed by atoms with van der Waals surface area (Å²) in [5.74, 6) is 4.71. The summed E-state index contributed by atoms with van der Waals surface area (Å²) in [6, 6.07) is 5.09. The Labute approximate surface area is 185 Å². The van der Waals surface area contributed by atoms with Gasteiger partial charge in [0.05, 0.1) is 19.2 Å². The first-order valence-corrected chi connectivity index (χ1v) is 12.0. The third kappa shape index (κ3) is 6.39. The van der Waals surface area contributed by atoms with Crippen molar-refractivity contribution in [3.05, 3.63) is 41.2 Å². The van der Waals surface area contributed by atoms with Gasteiger partial charge in [0.2, 0.25) is 0 Å². The zero-order chi connectivity index (χ0) is 23.2. The van der Waals surface area contributed by atoms with Crippen LogP contribution in [0.2, 0.25) is 0 Å². The van der Waals surface area contributed by atoms with E-state index in [0.717, 1.165) is 17.4 Å². The molecular weight excluding hydrogens is 419 g/mol. The van der Waals surface area contributed by atoms with Crippen LogP contribution in [0.4, 0.5) is 4.39 Å². The molecule has 8 heteroatoms. The molecular formula is C23H31FN2O4S. The Kier molecular flexibility index (Phi) is 8.41. The third-order valence-electron chi connectivity index (χ3n) is 5.59. The highest BCUT2D eigenvalue weighted by molar-refractivity contribution is 7.92. The zero-order valence-electron chi connectivity index (χ0n) is 18.9. The molecule has 1 atom stereocenters. The Hall–Kier alpha value is -2.21. The molecule has 0 radical (unpaired) electrons. The molecule has 1 aromatic rings. The van der Waals surface area contributed by atoms with Crippen molar-refractivity contribution in [2.75, 3.05) is 53.6 Å². The molecule has 1 heterocycles. The van der Waals surface area contributed by atoms with Crippen molar-refractivity contribution in [1.29, 1.82) is 0 Å². The average Bonchev–Trinajstić information content (AvgIpc) is 2.71. The highest BCUT2D eigenvalue weighted by atomic mass is 32.2. The summed E-state index contributed by atoms with van der Waals surface area (Å²) < 4.78 is 41.9. The lowest BCUT2D eigenvalue weighted by Gasteiger charge is -2.31. The molecule has 31 heavy (non-hydrogen) atoms. The predicted octanol–water partition coefficient (Wildman–Crippen LogP) is 2.19. The maximum Gasteiger partial charge on any atom is 0.326 e. The van der Waals surface area contributed by atoms with Crippen LogP contribution in [0.3, 0.4) is 0 Å². The summed E-state index contributed by atoms with van der Waals surface area (Å²) in [6.07, 6.45) is 3.93. The van der Waals surface area contributed by atoms with Crippen LogP contribution in [-0.4, -0.2) is 82.6 Å². The largest absolute Gasteiger partial charge is 0.468 e. The van der Waals surface area contributed by atoms with Crippen molar-refractivity contribution >= 4 is 21.4 Å². The number of hydrogen-bond acceptors (Lipinski definition) is 6. The first-order valence-electron chi connectivity index (χ1n) is 10.1. The van der Waals surface area contributed by atoms with Crippen LogP contribution < -0.4 is 0 Å². The third-order valence-corrected chi connectivity index (χ3v) is 7.60. The Morgan fingerprint density at radius 2 is 2.06 bits per heavy atom. The monoisotopic (exact) mass is 450 g/mol. The highest BCUT2D eigenvalue weighted by Crippen LogP contribution is 2.27. The maximum atomic E-state index is 14.4. The second kappa shape index (κ2) is 10.4. The number of rotatable bonds is 7. The standard InChI is InChI=1S/C23H31FN2O4S/c1-23(22(27)30-4,31(5,28)29)12-16-26-14-10-18(11-15-26)20-9-8-19(21(24)17-20)7-6-13-25(2)3/h8-10,17H,11-16H2,1-5H3. The first-order chi connectivity index (χ1) is 14.5. The molecule has 1 aromatic carbocycles. The number of nitrogens with zero attached hydrogens (tertiary/aromatic N) is 2. The van der Waals surface area contributed by atoms with Gasteiger partial charge in [0.1, 0.15) is 5.82 Å². The van der Waals surface area contributed by atoms with E-state index >= 15 is 0 Å². The topological polar surface area (TPSA) is 66.9 Å². The summed E-state index contributed by atoms with van der Waals surface area (Å²) in [5, 5.41) is 0. The van der Waals surface area contributed by atoms with Gasteiger partial charge in [0.15, 0.2) is 14.6 Å². The Bertz CT molecular complexity index is 1010. The zero-order valence-corrected chi connectivity index (χ0v) is 19.7. The molecule has 0 saturated carbocycles. The van der Waals surface area contributed by atoms with Crippen LogP contribution in [0.1, 0.15) is 30.9 Å². The van der Waals surface area contributed by atoms with E-state index in [-0.39, 0.29) is 12.2 Å². The fraction of sp³-hybridized carbons (Fsp3) is 0.522. The molecule has 0 aromatic heterocycles. The summed E-state index contributed by atoms with van der Waals surface area (Å²) in [6.45, 7) is 3.71. The number of methoxy groups -OCH3 is 1. The quantitative estimate of drug-likeness (QED) is 0.469. The predicted molar refractivity (Wildman–Crippen MR) is 121 cm³/mol. The molecule has 0 saturated heterocycles. The van der Waals surface area contributed by atoms with E-state index in [9.17, 15) is 17.6 Å². The minimum atomic E-state index is -3.62. The molecule has 0 bridgehead atoms. The lowest BCUT2D eigenvalue weighted by atomic mass is 9.97. The van der Waals surface area contributed by atoms with E-state index in [1.54, 1.807) is 6.07 Å². The molecule has 1 unspecified atom stereocenters. The van der Waals surface area contributed by atoms with Gasteiger partial charge < -0.3 is 4.74 Å². The summed E-state index contributed by atoms with van der Waals surface area (Å²) in [5.41, 5.74) is 2.25. The SMILES string of the molecule is COC(=O)C(C)(CCN1CC=C(c2ccc(C#CCN(C)C)c(F)c2)CC1)S(C)(=O)=O. The minimum absolute atomic E-state index is 0.149. The fourth-order valence-electron chi connectivity index (χ4n) is 3.31. The molecule has 0 aliphatic carbocycles. The van der Waals surface area contributed by atoms with E-state index in [1.807, 2.05) is 31.1 Å². The van der Waals surface area contributed by atoms with Gasteiger partial charge in [-0.2, -0.15) is 0 Å². The summed E-state index contributed by atoms with van der Waals surface area (Å²) in [7, 11) is 1.39. The second-order valence-corrected chi connectivity index (χ2v) is 10.7. The highest BCUT2D eigenvalue weighted by Gasteiger charge is 2.44. The van der Waals surface area contributed by atoms with Gasteiger partial charge in [-0.3, -0.25) is 14.6 Å². The Morgan fingerprint density at radius 1 is 1.35 bits per heavy atom. The number of carbonyl (C=O) groups is 1. The normalized spacial score (nSPS) is 16.8. The van der Waals surface area contributed by atoms with Gasteiger partial charge in [-0.1, -0.05) is 24.0 Å². The maximum absolute atomic E-state index is 14.4. The van der Waals surface area contributed by atoms with Gasteiger partial charge >= 0.3 is 5.97 Å². The van der Waals surface area contributed by atoms with Crippen LogP contribution in [0.25, 0.3) is 5.57 Å². The number of carbonyl (C=O) groups excluding carboxylic acids is 1. The van der Waals surface area contributed by atoms with Crippen molar-refractivity contribution in [1.82, 2.24) is 9.80 Å². The molecule has 6 nitrogen and oxygen atoms in total. The van der Waals surface area contributed by atoms with E-state index in [1.165, 1.54) is 20.1 Å². The molecule has 2 rings (SSSR count). The number of halogens is 1. The molecule has 0 fully saturated rings. The van der Waals surface area contributed by atoms with Gasteiger partial charge in [-0.15, -0.1) is 0 Å². The van der Waals surface area contributed by atoms with Crippen LogP contribution >= 0.6 is 0 Å². The van der Waals surface area contributed by atoms with E-state index in [4.69, 9.17) is 4.74 Å². The van der Waals surface area contributed by atoms with Crippen molar-refractivity contribution in [2.24, 2.45) is 0 Å². The number of sulfone groups is 1. The number of ether oxygens (including phenoxy) is 1. The molecule has 0 amide bonds. The molecule has 1 aliphatic heterocycles. The van der Waals surface area contributed by atoms with E-state index in [2.05, 4.69) is 16.7 Å². The summed E-state index contributed by atoms with van der Waals surface area (Å²) >= 11 is 0. The summed E-state index contributed by atoms with van der Waals surface area (Å²) in [4.78, 5) is 16.1. The first kappa shape index (κ1) is 25.1. The number of benzene rings is 1. The molecule has 1 aliphatic rings. The molecule has 0 spiro atoms. The van der Waals surface area contributed by atoms with Crippen LogP contribution in [-0.2, 0) is 19.4 Å². The van der Waals surface area contributed by atoms with E-state index < -0.39 is 20.6 Å². The molecule has 170 valence electrons. The Balaban J connectivity index is 2.04. The number of esters is 1. The van der Waals surface area contributed by atoms with Crippen LogP contribution in [0.15, 0.2) is 24.3 Å². The van der Waals surface area contributed by atoms with Gasteiger partial charge in [-0.25, -0.2) is 12.8 Å². The van der Waals surface area contributed by atoms with Crippen molar-refractivity contribution in [3.8, 4) is 11.8 Å². The van der Waals surface area contributed by atoms with Gasteiger partial charge in [0, 0.05) is 25.9 Å². The van der Waals surface area contributed by atoms with E-state index in [0.29, 0.717) is 38.2 Å². The van der Waals surface area contributed by atoms with Crippen LogP contribution in [0.5, 0.6) is 0 Å². The average molecular weight is 451 g/mol. The molecule has 0 N–H and O–H groups in total. The van der Waals surface area contributed by atoms with Gasteiger partial charge in [0.25, 0.3) is 0 Å². The minimum Gasteiger partial charge on any atom is -0.468 e. The fourth-order valence-corrected chi connectivity index (χ4v) is 4.16. The van der Waals surface area contributed by atoms with Crippen molar-refractivity contribution < 1.29 is 22.3 Å². The second-order valence-electron chi connectivity index (χ2n) is 8.26. The van der Waals surface area contributed by atoms with Gasteiger partial charge in [-0.05, 0) is 57.1 Å². The Morgan fingerprint density at radius 3 is 2.58 bits per heavy atom. The lowest BCUT2D eigenvalue weighted by Crippen LogP contribution is -2.46. The smallest absolute Gasteiger partial charge is 0.326 e.